The van der Waals surface area contributed by atoms with Crippen molar-refractivity contribution in [1.29, 1.82) is 0 Å². The molecule has 0 aliphatic rings. The fourth-order valence-corrected chi connectivity index (χ4v) is 5.06. The third kappa shape index (κ3) is 8.12. The molecule has 0 saturated carbocycles. The van der Waals surface area contributed by atoms with Gasteiger partial charge in [-0.05, 0) is 73.5 Å². The van der Waals surface area contributed by atoms with Crippen LogP contribution in [0, 0.1) is 0 Å². The number of amides is 2. The Bertz CT molecular complexity index is 1120. The number of anilines is 1. The molecule has 1 N–H and O–H groups in total. The number of carbonyl (C=O) groups is 2. The minimum absolute atomic E-state index is 0.143. The fraction of sp³-hybridized carbons (Fsp3) is 0.391. The van der Waals surface area contributed by atoms with Gasteiger partial charge in [-0.3, -0.25) is 13.9 Å². The second kappa shape index (κ2) is 11.0. The predicted octanol–water partition coefficient (Wildman–Crippen LogP) is 4.31. The summed E-state index contributed by atoms with van der Waals surface area (Å²) >= 11 is 6.79. The van der Waals surface area contributed by atoms with E-state index in [-0.39, 0.29) is 12.5 Å². The van der Waals surface area contributed by atoms with Crippen LogP contribution in [0.2, 0.25) is 0 Å². The molecule has 0 heterocycles. The summed E-state index contributed by atoms with van der Waals surface area (Å²) in [5, 5.41) is 2.89. The maximum absolute atomic E-state index is 13.5. The lowest BCUT2D eigenvalue weighted by atomic mass is 10.1. The smallest absolute Gasteiger partial charge is 0.244 e. The summed E-state index contributed by atoms with van der Waals surface area (Å²) in [6, 6.07) is 13.4. The minimum atomic E-state index is -3.78. The molecule has 2 aromatic carbocycles. The summed E-state index contributed by atoms with van der Waals surface area (Å²) < 4.78 is 27.6. The van der Waals surface area contributed by atoms with Gasteiger partial charge in [-0.25, -0.2) is 8.42 Å². The molecule has 0 saturated heterocycles. The Labute approximate surface area is 212 Å². The van der Waals surface area contributed by atoms with E-state index in [1.165, 1.54) is 4.90 Å². The van der Waals surface area contributed by atoms with Crippen LogP contribution in [0.1, 0.15) is 33.3 Å². The predicted molar refractivity (Wildman–Crippen MR) is 138 cm³/mol. The summed E-state index contributed by atoms with van der Waals surface area (Å²) in [4.78, 5) is 27.8. The summed E-state index contributed by atoms with van der Waals surface area (Å²) in [6.45, 7) is 6.91. The van der Waals surface area contributed by atoms with Crippen molar-refractivity contribution in [2.45, 2.75) is 45.8 Å². The highest BCUT2D eigenvalue weighted by Crippen LogP contribution is 2.28. The first kappa shape index (κ1) is 27.3. The number of hydrogen-bond acceptors (Lipinski definition) is 4. The van der Waals surface area contributed by atoms with Gasteiger partial charge < -0.3 is 10.2 Å². The number of benzene rings is 2. The van der Waals surface area contributed by atoms with Gasteiger partial charge in [0.25, 0.3) is 0 Å². The van der Waals surface area contributed by atoms with Gasteiger partial charge >= 0.3 is 0 Å². The molecule has 0 aliphatic heterocycles. The molecule has 0 radical (unpaired) electrons. The van der Waals surface area contributed by atoms with Crippen LogP contribution in [0.4, 0.5) is 5.69 Å². The Morgan fingerprint density at radius 2 is 1.70 bits per heavy atom. The lowest BCUT2D eigenvalue weighted by Gasteiger charge is -2.33. The van der Waals surface area contributed by atoms with Gasteiger partial charge in [-0.15, -0.1) is 0 Å². The van der Waals surface area contributed by atoms with Crippen LogP contribution in [-0.2, 0) is 26.2 Å². The van der Waals surface area contributed by atoms with Crippen molar-refractivity contribution >= 4 is 59.4 Å². The Morgan fingerprint density at radius 1 is 1.06 bits per heavy atom. The Kier molecular flexibility index (Phi) is 9.12. The van der Waals surface area contributed by atoms with Crippen molar-refractivity contribution in [2.75, 3.05) is 17.1 Å². The quantitative estimate of drug-likeness (QED) is 0.488. The maximum Gasteiger partial charge on any atom is 0.244 e. The number of sulfonamides is 1. The van der Waals surface area contributed by atoms with Crippen molar-refractivity contribution in [1.82, 2.24) is 10.2 Å². The molecule has 180 valence electrons. The molecule has 0 aromatic heterocycles. The van der Waals surface area contributed by atoms with E-state index in [0.717, 1.165) is 20.6 Å². The molecule has 7 nitrogen and oxygen atoms in total. The molecule has 1 unspecified atom stereocenters. The first-order chi connectivity index (χ1) is 15.2. The largest absolute Gasteiger partial charge is 0.350 e. The molecular weight excluding hydrogens is 574 g/mol. The highest BCUT2D eigenvalue weighted by molar-refractivity contribution is 9.10. The van der Waals surface area contributed by atoms with Crippen molar-refractivity contribution in [2.24, 2.45) is 0 Å². The maximum atomic E-state index is 13.5. The number of rotatable bonds is 8. The third-order valence-electron chi connectivity index (χ3n) is 4.71. The number of para-hydroxylation sites is 1. The van der Waals surface area contributed by atoms with Gasteiger partial charge in [0.2, 0.25) is 21.8 Å². The van der Waals surface area contributed by atoms with Crippen molar-refractivity contribution < 1.29 is 18.0 Å². The van der Waals surface area contributed by atoms with Crippen LogP contribution < -0.4 is 9.62 Å². The molecule has 10 heteroatoms. The van der Waals surface area contributed by atoms with E-state index in [1.54, 1.807) is 31.2 Å². The number of hydrogen-bond donors (Lipinski definition) is 1. The fourth-order valence-electron chi connectivity index (χ4n) is 3.14. The first-order valence-electron chi connectivity index (χ1n) is 10.3. The first-order valence-corrected chi connectivity index (χ1v) is 13.7. The summed E-state index contributed by atoms with van der Waals surface area (Å²) in [5.41, 5.74) is 0.672. The second-order valence-corrected chi connectivity index (χ2v) is 12.5. The Balaban J connectivity index is 2.42. The topological polar surface area (TPSA) is 86.8 Å². The van der Waals surface area contributed by atoms with Crippen LogP contribution in [0.25, 0.3) is 0 Å². The number of carbonyl (C=O) groups excluding carboxylic acids is 2. The van der Waals surface area contributed by atoms with E-state index in [0.29, 0.717) is 10.2 Å². The normalized spacial score (nSPS) is 12.7. The number of nitrogens with zero attached hydrogens (tertiary/aromatic N) is 2. The zero-order chi connectivity index (χ0) is 25.0. The molecule has 1 atom stereocenters. The van der Waals surface area contributed by atoms with E-state index < -0.39 is 34.1 Å². The van der Waals surface area contributed by atoms with Gasteiger partial charge in [-0.1, -0.05) is 40.2 Å². The van der Waals surface area contributed by atoms with E-state index in [1.807, 2.05) is 45.0 Å². The van der Waals surface area contributed by atoms with Gasteiger partial charge in [0.15, 0.2) is 0 Å². The molecular formula is C23H29Br2N3O4S. The standard InChI is InChI=1S/C23H29Br2N3O4S/c1-16(22(30)26-23(2,3)4)27(14-17-9-8-10-18(24)13-17)21(29)15-28(33(5,31)32)20-12-7-6-11-19(20)25/h6-13,16H,14-15H2,1-5H3,(H,26,30). The highest BCUT2D eigenvalue weighted by atomic mass is 79.9. The Morgan fingerprint density at radius 3 is 2.24 bits per heavy atom. The zero-order valence-corrected chi connectivity index (χ0v) is 23.3. The summed E-state index contributed by atoms with van der Waals surface area (Å²) in [7, 11) is -3.78. The van der Waals surface area contributed by atoms with Gasteiger partial charge in [0.1, 0.15) is 12.6 Å². The molecule has 0 bridgehead atoms. The lowest BCUT2D eigenvalue weighted by Crippen LogP contribution is -2.54. The minimum Gasteiger partial charge on any atom is -0.350 e. The van der Waals surface area contributed by atoms with Gasteiger partial charge in [0.05, 0.1) is 11.9 Å². The molecule has 2 aromatic rings. The molecule has 2 rings (SSSR count). The van der Waals surface area contributed by atoms with E-state index in [4.69, 9.17) is 0 Å². The van der Waals surface area contributed by atoms with Crippen LogP contribution in [0.15, 0.2) is 57.5 Å². The van der Waals surface area contributed by atoms with Crippen LogP contribution in [-0.4, -0.2) is 49.5 Å². The molecule has 0 spiro atoms. The molecule has 2 amide bonds. The van der Waals surface area contributed by atoms with Gasteiger partial charge in [0, 0.05) is 21.0 Å². The molecule has 0 fully saturated rings. The van der Waals surface area contributed by atoms with Gasteiger partial charge in [-0.2, -0.15) is 0 Å². The SMILES string of the molecule is CC(C(=O)NC(C)(C)C)N(Cc1cccc(Br)c1)C(=O)CN(c1ccccc1Br)S(C)(=O)=O. The van der Waals surface area contributed by atoms with Crippen LogP contribution in [0.5, 0.6) is 0 Å². The monoisotopic (exact) mass is 601 g/mol. The summed E-state index contributed by atoms with van der Waals surface area (Å²) in [5.74, 6) is -0.814. The van der Waals surface area contributed by atoms with E-state index >= 15 is 0 Å². The van der Waals surface area contributed by atoms with Crippen molar-refractivity contribution in [3.63, 3.8) is 0 Å². The average molecular weight is 603 g/mol. The lowest BCUT2D eigenvalue weighted by molar-refractivity contribution is -0.140. The second-order valence-electron chi connectivity index (χ2n) is 8.79. The number of halogens is 2. The van der Waals surface area contributed by atoms with E-state index in [2.05, 4.69) is 37.2 Å². The zero-order valence-electron chi connectivity index (χ0n) is 19.3. The Hall–Kier alpha value is -1.91. The highest BCUT2D eigenvalue weighted by Gasteiger charge is 2.31. The third-order valence-corrected chi connectivity index (χ3v) is 7.00. The van der Waals surface area contributed by atoms with Crippen molar-refractivity contribution in [3.05, 3.63) is 63.0 Å². The average Bonchev–Trinajstić information content (AvgIpc) is 2.68. The van der Waals surface area contributed by atoms with E-state index in [9.17, 15) is 18.0 Å². The molecule has 0 aliphatic carbocycles. The summed E-state index contributed by atoms with van der Waals surface area (Å²) in [6.07, 6.45) is 1.05. The number of nitrogens with one attached hydrogen (secondary N) is 1. The van der Waals surface area contributed by atoms with Crippen LogP contribution >= 0.6 is 31.9 Å². The van der Waals surface area contributed by atoms with Crippen LogP contribution in [0.3, 0.4) is 0 Å². The van der Waals surface area contributed by atoms with Crippen molar-refractivity contribution in [3.8, 4) is 0 Å². The molecule has 33 heavy (non-hydrogen) atoms.